The number of aromatic nitrogens is 4. The highest BCUT2D eigenvalue weighted by atomic mass is 16.1. The molecular weight excluding hydrogens is 438 g/mol. The fourth-order valence-electron chi connectivity index (χ4n) is 4.78. The summed E-state index contributed by atoms with van der Waals surface area (Å²) in [7, 11) is 0. The molecule has 0 spiro atoms. The number of amides is 1. The lowest BCUT2D eigenvalue weighted by molar-refractivity contribution is 0.100. The van der Waals surface area contributed by atoms with E-state index >= 15 is 0 Å². The number of nitrogens with two attached hydrogens (primary N) is 1. The highest BCUT2D eigenvalue weighted by Gasteiger charge is 2.20. The molecule has 1 aliphatic heterocycles. The number of hydrogen-bond acceptors (Lipinski definition) is 5. The number of aryl methyl sites for hydroxylation is 1. The molecule has 8 heteroatoms. The van der Waals surface area contributed by atoms with Crippen molar-refractivity contribution in [3.8, 4) is 5.95 Å². The molecule has 1 fully saturated rings. The van der Waals surface area contributed by atoms with Crippen LogP contribution in [-0.2, 0) is 13.1 Å². The molecule has 0 aliphatic carbocycles. The van der Waals surface area contributed by atoms with Gasteiger partial charge in [0.1, 0.15) is 5.52 Å². The van der Waals surface area contributed by atoms with Gasteiger partial charge in [-0.25, -0.2) is 4.52 Å². The topological polar surface area (TPSA) is 93.5 Å². The molecular formula is C27H27N7O. The number of benzene rings is 2. The van der Waals surface area contributed by atoms with Crippen LogP contribution < -0.4 is 11.1 Å². The van der Waals surface area contributed by atoms with Gasteiger partial charge in [0.25, 0.3) is 5.95 Å². The van der Waals surface area contributed by atoms with Crippen molar-refractivity contribution in [2.45, 2.75) is 26.4 Å². The number of fused-ring (bicyclic) bond motifs is 2. The predicted molar refractivity (Wildman–Crippen MR) is 137 cm³/mol. The van der Waals surface area contributed by atoms with Gasteiger partial charge in [0.2, 0.25) is 5.91 Å². The van der Waals surface area contributed by atoms with Crippen LogP contribution in [0.15, 0.2) is 66.7 Å². The maximum absolute atomic E-state index is 12.0. The summed E-state index contributed by atoms with van der Waals surface area (Å²) in [4.78, 5) is 19.4. The van der Waals surface area contributed by atoms with E-state index in [-0.39, 0.29) is 0 Å². The van der Waals surface area contributed by atoms with E-state index in [0.29, 0.717) is 18.1 Å². The first kappa shape index (κ1) is 21.4. The summed E-state index contributed by atoms with van der Waals surface area (Å²) in [6.07, 6.45) is 1.24. The molecule has 1 aliphatic rings. The first-order chi connectivity index (χ1) is 17.1. The Kier molecular flexibility index (Phi) is 5.22. The van der Waals surface area contributed by atoms with Crippen molar-refractivity contribution >= 4 is 28.1 Å². The summed E-state index contributed by atoms with van der Waals surface area (Å²) in [5.41, 5.74) is 11.1. The average molecular weight is 466 g/mol. The van der Waals surface area contributed by atoms with Crippen molar-refractivity contribution in [2.24, 2.45) is 5.73 Å². The third kappa shape index (κ3) is 3.81. The smallest absolute Gasteiger partial charge is 0.254 e. The summed E-state index contributed by atoms with van der Waals surface area (Å²) in [6.45, 7) is 5.71. The molecule has 4 heterocycles. The van der Waals surface area contributed by atoms with Crippen LogP contribution >= 0.6 is 0 Å². The van der Waals surface area contributed by atoms with Gasteiger partial charge in [-0.1, -0.05) is 36.4 Å². The van der Waals surface area contributed by atoms with Crippen molar-refractivity contribution in [2.75, 3.05) is 18.4 Å². The standard InChI is InChI=1S/C27H27N7O/c1-18-15-22-21(25(28)35)9-5-10-23(22)33(18)27-30-26(29-16-19-7-3-2-4-8-19)24-12-11-20(34(24)31-27)17-32-13-6-14-32/h2-5,7-12,15H,6,13-14,16-17H2,1H3,(H2,28,35)(H,29,30,31). The van der Waals surface area contributed by atoms with Crippen molar-refractivity contribution < 1.29 is 4.79 Å². The van der Waals surface area contributed by atoms with Crippen molar-refractivity contribution in [1.29, 1.82) is 0 Å². The second-order valence-corrected chi connectivity index (χ2v) is 9.07. The fourth-order valence-corrected chi connectivity index (χ4v) is 4.78. The molecule has 0 unspecified atom stereocenters. The molecule has 2 aromatic carbocycles. The molecule has 176 valence electrons. The molecule has 8 nitrogen and oxygen atoms in total. The van der Waals surface area contributed by atoms with Crippen LogP contribution in [0.2, 0.25) is 0 Å². The zero-order chi connectivity index (χ0) is 23.9. The molecule has 0 radical (unpaired) electrons. The molecule has 0 saturated carbocycles. The lowest BCUT2D eigenvalue weighted by Crippen LogP contribution is -2.36. The van der Waals surface area contributed by atoms with Crippen LogP contribution in [0.25, 0.3) is 22.4 Å². The monoisotopic (exact) mass is 465 g/mol. The van der Waals surface area contributed by atoms with E-state index in [0.717, 1.165) is 53.3 Å². The fraction of sp³-hybridized carbons (Fsp3) is 0.222. The Morgan fingerprint density at radius 2 is 1.86 bits per heavy atom. The van der Waals surface area contributed by atoms with E-state index in [2.05, 4.69) is 34.5 Å². The van der Waals surface area contributed by atoms with Gasteiger partial charge >= 0.3 is 0 Å². The Morgan fingerprint density at radius 3 is 2.60 bits per heavy atom. The minimum absolute atomic E-state index is 0.448. The normalized spacial score (nSPS) is 13.9. The maximum Gasteiger partial charge on any atom is 0.254 e. The summed E-state index contributed by atoms with van der Waals surface area (Å²) in [6, 6.07) is 22.0. The van der Waals surface area contributed by atoms with Gasteiger partial charge in [-0.05, 0) is 62.3 Å². The van der Waals surface area contributed by atoms with Crippen molar-refractivity contribution in [3.05, 3.63) is 89.2 Å². The minimum atomic E-state index is -0.448. The number of carbonyl (C=O) groups excluding carboxylic acids is 1. The number of anilines is 1. The number of likely N-dealkylation sites (tertiary alicyclic amines) is 1. The van der Waals surface area contributed by atoms with E-state index in [1.54, 1.807) is 6.07 Å². The second-order valence-electron chi connectivity index (χ2n) is 9.07. The minimum Gasteiger partial charge on any atom is -0.366 e. The molecule has 3 aromatic heterocycles. The first-order valence-corrected chi connectivity index (χ1v) is 11.9. The highest BCUT2D eigenvalue weighted by Crippen LogP contribution is 2.28. The maximum atomic E-state index is 12.0. The number of nitrogens with one attached hydrogen (secondary N) is 1. The third-order valence-electron chi connectivity index (χ3n) is 6.71. The molecule has 3 N–H and O–H groups in total. The van der Waals surface area contributed by atoms with E-state index < -0.39 is 5.91 Å². The number of primary amides is 1. The van der Waals surface area contributed by atoms with Crippen molar-refractivity contribution in [3.63, 3.8) is 0 Å². The SMILES string of the molecule is Cc1cc2c(C(N)=O)cccc2n1-c1nc(NCc2ccccc2)c2ccc(CN3CCC3)n2n1. The number of rotatable bonds is 7. The van der Waals surface area contributed by atoms with Crippen LogP contribution in [0.1, 0.15) is 33.7 Å². The van der Waals surface area contributed by atoms with E-state index in [1.807, 2.05) is 52.4 Å². The van der Waals surface area contributed by atoms with Gasteiger partial charge in [-0.2, -0.15) is 4.98 Å². The van der Waals surface area contributed by atoms with Crippen LogP contribution in [0.5, 0.6) is 0 Å². The van der Waals surface area contributed by atoms with E-state index in [4.69, 9.17) is 15.8 Å². The van der Waals surface area contributed by atoms with Crippen LogP contribution in [0.4, 0.5) is 5.82 Å². The molecule has 0 bridgehead atoms. The molecule has 0 atom stereocenters. The van der Waals surface area contributed by atoms with Crippen LogP contribution in [0.3, 0.4) is 0 Å². The second kappa shape index (κ2) is 8.56. The summed E-state index contributed by atoms with van der Waals surface area (Å²) in [5, 5.41) is 9.30. The summed E-state index contributed by atoms with van der Waals surface area (Å²) >= 11 is 0. The molecule has 35 heavy (non-hydrogen) atoms. The highest BCUT2D eigenvalue weighted by molar-refractivity contribution is 6.06. The van der Waals surface area contributed by atoms with Crippen molar-refractivity contribution in [1.82, 2.24) is 24.1 Å². The zero-order valence-corrected chi connectivity index (χ0v) is 19.6. The Bertz CT molecular complexity index is 1550. The van der Waals surface area contributed by atoms with Crippen LogP contribution in [-0.4, -0.2) is 43.1 Å². The molecule has 1 saturated heterocycles. The van der Waals surface area contributed by atoms with Gasteiger partial charge < -0.3 is 11.1 Å². The summed E-state index contributed by atoms with van der Waals surface area (Å²) in [5.74, 6) is 0.862. The Labute approximate surface area is 203 Å². The summed E-state index contributed by atoms with van der Waals surface area (Å²) < 4.78 is 3.99. The Morgan fingerprint density at radius 1 is 1.03 bits per heavy atom. The number of hydrogen-bond donors (Lipinski definition) is 2. The largest absolute Gasteiger partial charge is 0.366 e. The average Bonchev–Trinajstić information content (AvgIpc) is 3.40. The van der Waals surface area contributed by atoms with Gasteiger partial charge in [0.05, 0.1) is 11.2 Å². The van der Waals surface area contributed by atoms with E-state index in [9.17, 15) is 4.79 Å². The lowest BCUT2D eigenvalue weighted by atomic mass is 10.1. The van der Waals surface area contributed by atoms with Gasteiger partial charge in [-0.15, -0.1) is 5.10 Å². The Hall–Kier alpha value is -4.17. The number of carbonyl (C=O) groups is 1. The quantitative estimate of drug-likeness (QED) is 0.380. The predicted octanol–water partition coefficient (Wildman–Crippen LogP) is 3.90. The Balaban J connectivity index is 1.50. The van der Waals surface area contributed by atoms with E-state index in [1.165, 1.54) is 12.0 Å². The number of nitrogens with zero attached hydrogens (tertiary/aromatic N) is 5. The lowest BCUT2D eigenvalue weighted by Gasteiger charge is -2.30. The third-order valence-corrected chi connectivity index (χ3v) is 6.71. The van der Waals surface area contributed by atoms with Gasteiger partial charge in [0, 0.05) is 29.7 Å². The molecule has 1 amide bonds. The first-order valence-electron chi connectivity index (χ1n) is 11.9. The van der Waals surface area contributed by atoms with Gasteiger partial charge in [-0.3, -0.25) is 14.3 Å². The molecule has 6 rings (SSSR count). The van der Waals surface area contributed by atoms with Gasteiger partial charge in [0.15, 0.2) is 5.82 Å². The zero-order valence-electron chi connectivity index (χ0n) is 19.6. The van der Waals surface area contributed by atoms with Crippen LogP contribution in [0, 0.1) is 6.92 Å². The molecule has 5 aromatic rings.